The van der Waals surface area contributed by atoms with Crippen molar-refractivity contribution < 1.29 is 21.6 Å². The largest absolute Gasteiger partial charge is 0.416 e. The van der Waals surface area contributed by atoms with Crippen LogP contribution in [0, 0.1) is 0 Å². The number of hydrogen-bond acceptors (Lipinski definition) is 2. The molecule has 142 valence electrons. The first-order valence-electron chi connectivity index (χ1n) is 7.95. The molecule has 8 heteroatoms. The highest BCUT2D eigenvalue weighted by Crippen LogP contribution is 2.30. The predicted octanol–water partition coefficient (Wildman–Crippen LogP) is 5.27. The molecule has 0 saturated carbocycles. The Hall–Kier alpha value is -1.90. The zero-order chi connectivity index (χ0) is 19.7. The second kappa shape index (κ2) is 7.61. The van der Waals surface area contributed by atoms with Crippen LogP contribution in [0.3, 0.4) is 0 Å². The maximum absolute atomic E-state index is 12.7. The van der Waals surface area contributed by atoms with Crippen LogP contribution in [-0.4, -0.2) is 13.7 Å². The second-order valence-corrected chi connectivity index (χ2v) is 8.32. The summed E-state index contributed by atoms with van der Waals surface area (Å²) in [7, 11) is -3.98. The van der Waals surface area contributed by atoms with Gasteiger partial charge in [-0.2, -0.15) is 13.2 Å². The van der Waals surface area contributed by atoms with Gasteiger partial charge in [0.05, 0.1) is 16.5 Å². The Morgan fingerprint density at radius 2 is 1.56 bits per heavy atom. The minimum atomic E-state index is -4.51. The van der Waals surface area contributed by atoms with Crippen molar-refractivity contribution in [2.45, 2.75) is 17.1 Å². The van der Waals surface area contributed by atoms with Gasteiger partial charge in [-0.15, -0.1) is 0 Å². The molecule has 0 amide bonds. The lowest BCUT2D eigenvalue weighted by Crippen LogP contribution is -2.29. The molecule has 3 aromatic rings. The van der Waals surface area contributed by atoms with Gasteiger partial charge in [0.15, 0.2) is 0 Å². The lowest BCUT2D eigenvalue weighted by atomic mass is 10.0. The summed E-state index contributed by atoms with van der Waals surface area (Å²) in [4.78, 5) is -0.220. The summed E-state index contributed by atoms with van der Waals surface area (Å²) in [6.07, 6.45) is -4.51. The molecule has 0 spiro atoms. The molecule has 1 unspecified atom stereocenters. The van der Waals surface area contributed by atoms with Crippen molar-refractivity contribution >= 4 is 36.7 Å². The fourth-order valence-corrected chi connectivity index (χ4v) is 4.67. The summed E-state index contributed by atoms with van der Waals surface area (Å²) in [5.74, 6) is 0. The monoisotopic (exact) mass is 457 g/mol. The molecular formula is C19H15BrF3NO2S. The Balaban J connectivity index is 1.87. The summed E-state index contributed by atoms with van der Waals surface area (Å²) < 4.78 is 65.7. The highest BCUT2D eigenvalue weighted by molar-refractivity contribution is 9.09. The summed E-state index contributed by atoms with van der Waals surface area (Å²) in [5, 5.41) is 2.31. The van der Waals surface area contributed by atoms with Crippen LogP contribution in [-0.2, 0) is 16.2 Å². The fraction of sp³-hybridized carbons (Fsp3) is 0.158. The van der Waals surface area contributed by atoms with E-state index in [0.29, 0.717) is 5.33 Å². The molecule has 0 aliphatic carbocycles. The van der Waals surface area contributed by atoms with Crippen molar-refractivity contribution in [2.24, 2.45) is 0 Å². The molecule has 0 fully saturated rings. The molecule has 0 bridgehead atoms. The van der Waals surface area contributed by atoms with Crippen LogP contribution in [0.15, 0.2) is 71.6 Å². The van der Waals surface area contributed by atoms with E-state index >= 15 is 0 Å². The molecule has 3 aromatic carbocycles. The van der Waals surface area contributed by atoms with Crippen LogP contribution in [0.2, 0.25) is 0 Å². The van der Waals surface area contributed by atoms with Gasteiger partial charge < -0.3 is 0 Å². The Labute approximate surface area is 163 Å². The maximum atomic E-state index is 12.7. The van der Waals surface area contributed by atoms with Gasteiger partial charge in [-0.25, -0.2) is 13.1 Å². The predicted molar refractivity (Wildman–Crippen MR) is 102 cm³/mol. The number of halogens is 4. The van der Waals surface area contributed by atoms with Crippen molar-refractivity contribution in [3.63, 3.8) is 0 Å². The number of alkyl halides is 4. The molecule has 0 heterocycles. The molecule has 3 nitrogen and oxygen atoms in total. The Morgan fingerprint density at radius 3 is 2.15 bits per heavy atom. The highest BCUT2D eigenvalue weighted by atomic mass is 79.9. The molecule has 0 aromatic heterocycles. The van der Waals surface area contributed by atoms with Gasteiger partial charge in [-0.3, -0.25) is 0 Å². The lowest BCUT2D eigenvalue weighted by molar-refractivity contribution is -0.137. The summed E-state index contributed by atoms with van der Waals surface area (Å²) in [5.41, 5.74) is -0.144. The number of benzene rings is 3. The Bertz CT molecular complexity index is 1050. The van der Waals surface area contributed by atoms with Gasteiger partial charge in [0.1, 0.15) is 0 Å². The van der Waals surface area contributed by atoms with Crippen LogP contribution < -0.4 is 4.72 Å². The maximum Gasteiger partial charge on any atom is 0.416 e. The minimum absolute atomic E-state index is 0.220. The number of sulfonamides is 1. The summed E-state index contributed by atoms with van der Waals surface area (Å²) in [6, 6.07) is 16.1. The van der Waals surface area contributed by atoms with Crippen LogP contribution in [0.4, 0.5) is 13.2 Å². The second-order valence-electron chi connectivity index (χ2n) is 5.96. The van der Waals surface area contributed by atoms with Crippen LogP contribution in [0.5, 0.6) is 0 Å². The first-order chi connectivity index (χ1) is 12.7. The number of rotatable bonds is 5. The normalized spacial score (nSPS) is 13.6. The van der Waals surface area contributed by atoms with E-state index in [4.69, 9.17) is 0 Å². The van der Waals surface area contributed by atoms with E-state index in [1.807, 2.05) is 42.5 Å². The molecule has 0 saturated heterocycles. The Kier molecular flexibility index (Phi) is 5.60. The highest BCUT2D eigenvalue weighted by Gasteiger charge is 2.31. The van der Waals surface area contributed by atoms with E-state index in [0.717, 1.165) is 40.6 Å². The standard InChI is InChI=1S/C19H15BrF3NO2S/c20-12-18(15-6-5-13-3-1-2-4-14(13)11-15)24-27(25,26)17-9-7-16(8-10-17)19(21,22)23/h1-11,18,24H,12H2. The quantitative estimate of drug-likeness (QED) is 0.530. The molecule has 1 atom stereocenters. The average molecular weight is 458 g/mol. The van der Waals surface area contributed by atoms with Crippen molar-refractivity contribution in [2.75, 3.05) is 5.33 Å². The van der Waals surface area contributed by atoms with Crippen molar-refractivity contribution in [3.05, 3.63) is 77.9 Å². The third-order valence-corrected chi connectivity index (χ3v) is 6.25. The first kappa shape index (κ1) is 19.9. The van der Waals surface area contributed by atoms with Crippen LogP contribution in [0.25, 0.3) is 10.8 Å². The summed E-state index contributed by atoms with van der Waals surface area (Å²) in [6.45, 7) is 0. The van der Waals surface area contributed by atoms with Gasteiger partial charge in [-0.05, 0) is 46.7 Å². The molecule has 0 radical (unpaired) electrons. The molecule has 3 rings (SSSR count). The van der Waals surface area contributed by atoms with Crippen LogP contribution in [0.1, 0.15) is 17.2 Å². The zero-order valence-electron chi connectivity index (χ0n) is 13.9. The van der Waals surface area contributed by atoms with E-state index < -0.39 is 27.8 Å². The molecule has 0 aliphatic rings. The van der Waals surface area contributed by atoms with Crippen molar-refractivity contribution in [1.82, 2.24) is 4.72 Å². The number of fused-ring (bicyclic) bond motifs is 1. The van der Waals surface area contributed by atoms with Crippen LogP contribution >= 0.6 is 15.9 Å². The number of nitrogens with one attached hydrogen (secondary N) is 1. The van der Waals surface area contributed by atoms with E-state index in [-0.39, 0.29) is 4.90 Å². The van der Waals surface area contributed by atoms with Gasteiger partial charge in [-0.1, -0.05) is 52.3 Å². The average Bonchev–Trinajstić information content (AvgIpc) is 2.65. The lowest BCUT2D eigenvalue weighted by Gasteiger charge is -2.18. The van der Waals surface area contributed by atoms with Crippen molar-refractivity contribution in [3.8, 4) is 0 Å². The molecule has 27 heavy (non-hydrogen) atoms. The molecule has 1 N–H and O–H groups in total. The fourth-order valence-electron chi connectivity index (χ4n) is 2.69. The molecular weight excluding hydrogens is 443 g/mol. The van der Waals surface area contributed by atoms with Crippen molar-refractivity contribution in [1.29, 1.82) is 0 Å². The number of hydrogen-bond donors (Lipinski definition) is 1. The molecule has 0 aliphatic heterocycles. The topological polar surface area (TPSA) is 46.2 Å². The van der Waals surface area contributed by atoms with E-state index in [1.165, 1.54) is 0 Å². The van der Waals surface area contributed by atoms with E-state index in [1.54, 1.807) is 0 Å². The van der Waals surface area contributed by atoms with Gasteiger partial charge in [0, 0.05) is 5.33 Å². The third-order valence-electron chi connectivity index (χ3n) is 4.12. The van der Waals surface area contributed by atoms with Gasteiger partial charge in [0.25, 0.3) is 0 Å². The summed E-state index contributed by atoms with van der Waals surface area (Å²) >= 11 is 3.30. The van der Waals surface area contributed by atoms with Gasteiger partial charge in [0.2, 0.25) is 10.0 Å². The zero-order valence-corrected chi connectivity index (χ0v) is 16.3. The van der Waals surface area contributed by atoms with E-state index in [9.17, 15) is 21.6 Å². The SMILES string of the molecule is O=S(=O)(NC(CBr)c1ccc2ccccc2c1)c1ccc(C(F)(F)F)cc1. The smallest absolute Gasteiger partial charge is 0.207 e. The minimum Gasteiger partial charge on any atom is -0.207 e. The Morgan fingerprint density at radius 1 is 0.926 bits per heavy atom. The van der Waals surface area contributed by atoms with Gasteiger partial charge >= 0.3 is 6.18 Å². The first-order valence-corrected chi connectivity index (χ1v) is 10.6. The van der Waals surface area contributed by atoms with E-state index in [2.05, 4.69) is 20.7 Å². The third kappa shape index (κ3) is 4.51.